The summed E-state index contributed by atoms with van der Waals surface area (Å²) < 4.78 is 7.39. The van der Waals surface area contributed by atoms with Gasteiger partial charge in [0.25, 0.3) is 0 Å². The Kier molecular flexibility index (Phi) is 4.35. The minimum absolute atomic E-state index is 0.174. The lowest BCUT2D eigenvalue weighted by molar-refractivity contribution is 0.413. The molecule has 0 radical (unpaired) electrons. The SMILES string of the molecule is COc1ccsc1C(Cl)c1cc(Br)sc1Br. The third kappa shape index (κ3) is 2.48. The Balaban J connectivity index is 2.38. The molecular formula is C10H7Br2ClOS2. The van der Waals surface area contributed by atoms with Crippen molar-refractivity contribution in [2.24, 2.45) is 0 Å². The molecule has 2 aromatic rings. The molecule has 0 N–H and O–H groups in total. The van der Waals surface area contributed by atoms with Crippen molar-refractivity contribution in [3.05, 3.63) is 35.5 Å². The molecule has 1 atom stereocenters. The lowest BCUT2D eigenvalue weighted by Gasteiger charge is -2.08. The van der Waals surface area contributed by atoms with Crippen LogP contribution in [-0.2, 0) is 0 Å². The van der Waals surface area contributed by atoms with Crippen molar-refractivity contribution in [3.8, 4) is 5.75 Å². The molecule has 2 aromatic heterocycles. The second-order valence-corrected chi connectivity index (χ2v) is 8.13. The molecule has 0 aliphatic rings. The molecule has 0 amide bonds. The summed E-state index contributed by atoms with van der Waals surface area (Å²) in [6, 6.07) is 3.97. The van der Waals surface area contributed by atoms with Gasteiger partial charge in [-0.05, 0) is 49.4 Å². The molecule has 1 unspecified atom stereocenters. The van der Waals surface area contributed by atoms with E-state index in [-0.39, 0.29) is 5.38 Å². The molecule has 0 aliphatic heterocycles. The fourth-order valence-corrected chi connectivity index (χ4v) is 5.71. The van der Waals surface area contributed by atoms with Crippen molar-refractivity contribution < 1.29 is 4.74 Å². The van der Waals surface area contributed by atoms with E-state index >= 15 is 0 Å². The molecule has 0 saturated carbocycles. The predicted molar refractivity (Wildman–Crippen MR) is 78.3 cm³/mol. The van der Waals surface area contributed by atoms with Gasteiger partial charge in [-0.15, -0.1) is 34.3 Å². The standard InChI is InChI=1S/C10H7Br2ClOS2/c1-14-6-2-3-15-9(6)8(13)5-4-7(11)16-10(5)12/h2-4,8H,1H3. The van der Waals surface area contributed by atoms with Gasteiger partial charge in [-0.25, -0.2) is 0 Å². The lowest BCUT2D eigenvalue weighted by Crippen LogP contribution is -1.92. The Bertz CT molecular complexity index is 495. The maximum absolute atomic E-state index is 6.46. The van der Waals surface area contributed by atoms with Gasteiger partial charge in [0.2, 0.25) is 0 Å². The van der Waals surface area contributed by atoms with Gasteiger partial charge in [-0.1, -0.05) is 0 Å². The predicted octanol–water partition coefficient (Wildman–Crippen LogP) is 5.67. The first-order valence-electron chi connectivity index (χ1n) is 4.33. The molecule has 0 aromatic carbocycles. The van der Waals surface area contributed by atoms with Gasteiger partial charge in [-0.2, -0.15) is 0 Å². The normalized spacial score (nSPS) is 12.8. The van der Waals surface area contributed by atoms with Crippen molar-refractivity contribution in [2.45, 2.75) is 5.38 Å². The van der Waals surface area contributed by atoms with Crippen LogP contribution in [0.3, 0.4) is 0 Å². The Morgan fingerprint density at radius 3 is 2.75 bits per heavy atom. The molecular weight excluding hydrogens is 396 g/mol. The minimum atomic E-state index is -0.174. The van der Waals surface area contributed by atoms with Crippen LogP contribution in [0.4, 0.5) is 0 Å². The Labute approximate surface area is 124 Å². The zero-order valence-corrected chi connectivity index (χ0v) is 13.7. The highest BCUT2D eigenvalue weighted by molar-refractivity contribution is 9.12. The van der Waals surface area contributed by atoms with E-state index in [4.69, 9.17) is 16.3 Å². The maximum atomic E-state index is 6.46. The summed E-state index contributed by atoms with van der Waals surface area (Å²) in [7, 11) is 1.66. The summed E-state index contributed by atoms with van der Waals surface area (Å²) in [5.41, 5.74) is 1.07. The van der Waals surface area contributed by atoms with E-state index in [2.05, 4.69) is 31.9 Å². The molecule has 16 heavy (non-hydrogen) atoms. The van der Waals surface area contributed by atoms with Gasteiger partial charge in [0, 0.05) is 5.56 Å². The van der Waals surface area contributed by atoms with E-state index in [1.807, 2.05) is 17.5 Å². The molecule has 0 saturated heterocycles. The second-order valence-electron chi connectivity index (χ2n) is 3.00. The summed E-state index contributed by atoms with van der Waals surface area (Å²) in [4.78, 5) is 1.04. The molecule has 0 aliphatic carbocycles. The Hall–Kier alpha value is 0.450. The Morgan fingerprint density at radius 2 is 2.19 bits per heavy atom. The fourth-order valence-electron chi connectivity index (χ4n) is 1.33. The molecule has 0 spiro atoms. The molecule has 0 bridgehead atoms. The van der Waals surface area contributed by atoms with Crippen LogP contribution < -0.4 is 4.74 Å². The highest BCUT2D eigenvalue weighted by atomic mass is 79.9. The number of rotatable bonds is 3. The van der Waals surface area contributed by atoms with Crippen LogP contribution in [0.1, 0.15) is 15.8 Å². The van der Waals surface area contributed by atoms with Crippen LogP contribution in [0.5, 0.6) is 5.75 Å². The molecule has 2 rings (SSSR count). The van der Waals surface area contributed by atoms with Crippen molar-refractivity contribution in [1.82, 2.24) is 0 Å². The van der Waals surface area contributed by atoms with Gasteiger partial charge in [0.05, 0.1) is 24.9 Å². The summed E-state index contributed by atoms with van der Waals surface area (Å²) in [5, 5.41) is 1.81. The van der Waals surface area contributed by atoms with Crippen LogP contribution in [0.2, 0.25) is 0 Å². The third-order valence-electron chi connectivity index (χ3n) is 2.06. The first-order chi connectivity index (χ1) is 7.63. The first-order valence-corrected chi connectivity index (χ1v) is 8.05. The van der Waals surface area contributed by atoms with Crippen LogP contribution in [-0.4, -0.2) is 7.11 Å². The van der Waals surface area contributed by atoms with E-state index in [9.17, 15) is 0 Å². The molecule has 86 valence electrons. The summed E-state index contributed by atoms with van der Waals surface area (Å²) in [6.45, 7) is 0. The van der Waals surface area contributed by atoms with E-state index in [0.717, 1.165) is 23.8 Å². The zero-order valence-electron chi connectivity index (χ0n) is 8.17. The van der Waals surface area contributed by atoms with Crippen LogP contribution >= 0.6 is 66.1 Å². The second kappa shape index (κ2) is 5.40. The summed E-state index contributed by atoms with van der Waals surface area (Å²) in [5.74, 6) is 0.847. The summed E-state index contributed by atoms with van der Waals surface area (Å²) >= 11 is 16.7. The van der Waals surface area contributed by atoms with Gasteiger partial charge in [0.1, 0.15) is 5.75 Å². The first kappa shape index (κ1) is 12.9. The zero-order chi connectivity index (χ0) is 11.7. The van der Waals surface area contributed by atoms with Crippen molar-refractivity contribution in [2.75, 3.05) is 7.11 Å². The number of ether oxygens (including phenoxy) is 1. The Morgan fingerprint density at radius 1 is 1.44 bits per heavy atom. The van der Waals surface area contributed by atoms with Crippen molar-refractivity contribution >= 4 is 66.1 Å². The number of halogens is 3. The monoisotopic (exact) mass is 400 g/mol. The average molecular weight is 403 g/mol. The molecule has 6 heteroatoms. The number of thiophene rings is 2. The fraction of sp³-hybridized carbons (Fsp3) is 0.200. The topological polar surface area (TPSA) is 9.23 Å². The highest BCUT2D eigenvalue weighted by Crippen LogP contribution is 2.45. The van der Waals surface area contributed by atoms with E-state index in [0.29, 0.717) is 0 Å². The number of hydrogen-bond donors (Lipinski definition) is 0. The number of alkyl halides is 1. The highest BCUT2D eigenvalue weighted by Gasteiger charge is 2.21. The summed E-state index contributed by atoms with van der Waals surface area (Å²) in [6.07, 6.45) is 0. The average Bonchev–Trinajstić information content (AvgIpc) is 2.83. The van der Waals surface area contributed by atoms with Gasteiger partial charge in [-0.3, -0.25) is 0 Å². The van der Waals surface area contributed by atoms with Gasteiger partial charge in [0.15, 0.2) is 0 Å². The minimum Gasteiger partial charge on any atom is -0.496 e. The smallest absolute Gasteiger partial charge is 0.134 e. The third-order valence-corrected chi connectivity index (χ3v) is 5.99. The van der Waals surface area contributed by atoms with Crippen molar-refractivity contribution in [1.29, 1.82) is 0 Å². The van der Waals surface area contributed by atoms with E-state index in [1.54, 1.807) is 29.8 Å². The largest absolute Gasteiger partial charge is 0.496 e. The van der Waals surface area contributed by atoms with Gasteiger partial charge >= 0.3 is 0 Å². The number of methoxy groups -OCH3 is 1. The van der Waals surface area contributed by atoms with Crippen molar-refractivity contribution in [3.63, 3.8) is 0 Å². The molecule has 2 heterocycles. The van der Waals surface area contributed by atoms with Gasteiger partial charge < -0.3 is 4.74 Å². The molecule has 1 nitrogen and oxygen atoms in total. The van der Waals surface area contributed by atoms with E-state index < -0.39 is 0 Å². The van der Waals surface area contributed by atoms with E-state index in [1.165, 1.54) is 0 Å². The molecule has 0 fully saturated rings. The number of hydrogen-bond acceptors (Lipinski definition) is 3. The van der Waals surface area contributed by atoms with Crippen LogP contribution in [0, 0.1) is 0 Å². The lowest BCUT2D eigenvalue weighted by atomic mass is 10.2. The van der Waals surface area contributed by atoms with Crippen LogP contribution in [0.15, 0.2) is 25.1 Å². The van der Waals surface area contributed by atoms with Crippen LogP contribution in [0.25, 0.3) is 0 Å². The quantitative estimate of drug-likeness (QED) is 0.601. The maximum Gasteiger partial charge on any atom is 0.134 e.